The van der Waals surface area contributed by atoms with Crippen molar-refractivity contribution >= 4 is 17.5 Å². The fourth-order valence-electron chi connectivity index (χ4n) is 1.92. The Bertz CT molecular complexity index is 554. The van der Waals surface area contributed by atoms with Crippen molar-refractivity contribution in [3.05, 3.63) is 39.4 Å². The Morgan fingerprint density at radius 2 is 2.06 bits per heavy atom. The van der Waals surface area contributed by atoms with Crippen LogP contribution in [0.5, 0.6) is 0 Å². The van der Waals surface area contributed by atoms with Crippen LogP contribution in [0.25, 0.3) is 0 Å². The molecule has 0 fully saturated rings. The number of nitrogens with zero attached hydrogens (tertiary/aromatic N) is 2. The van der Waals surface area contributed by atoms with E-state index in [1.165, 1.54) is 25.1 Å². The normalized spacial score (nSPS) is 15.8. The highest BCUT2D eigenvalue weighted by Gasteiger charge is 2.42. The Balaban J connectivity index is 2.59. The van der Waals surface area contributed by atoms with E-state index in [1.807, 2.05) is 0 Å². The number of carbonyl (C=O) groups excluding carboxylic acids is 2. The zero-order valence-corrected chi connectivity index (χ0v) is 9.49. The summed E-state index contributed by atoms with van der Waals surface area (Å²) in [5.74, 6) is -1.34. The van der Waals surface area contributed by atoms with Gasteiger partial charge >= 0.3 is 0 Å². The van der Waals surface area contributed by atoms with Crippen molar-refractivity contribution in [3.8, 4) is 0 Å². The Kier molecular flexibility index (Phi) is 2.84. The molecule has 0 bridgehead atoms. The van der Waals surface area contributed by atoms with Gasteiger partial charge in [-0.15, -0.1) is 0 Å². The van der Waals surface area contributed by atoms with E-state index in [-0.39, 0.29) is 17.7 Å². The Morgan fingerprint density at radius 3 is 2.61 bits per heavy atom. The highest BCUT2D eigenvalue weighted by molar-refractivity contribution is 6.23. The van der Waals surface area contributed by atoms with Crippen molar-refractivity contribution < 1.29 is 19.6 Å². The summed E-state index contributed by atoms with van der Waals surface area (Å²) in [7, 11) is 0. The fraction of sp³-hybridized carbons (Fsp3) is 0.273. The lowest BCUT2D eigenvalue weighted by Crippen LogP contribution is -2.40. The fourth-order valence-corrected chi connectivity index (χ4v) is 1.92. The van der Waals surface area contributed by atoms with Gasteiger partial charge in [-0.05, 0) is 13.0 Å². The summed E-state index contributed by atoms with van der Waals surface area (Å²) in [6.07, 6.45) is 0. The Morgan fingerprint density at radius 1 is 1.39 bits per heavy atom. The minimum Gasteiger partial charge on any atom is -0.394 e. The first-order chi connectivity index (χ1) is 8.49. The van der Waals surface area contributed by atoms with Crippen LogP contribution in [-0.2, 0) is 0 Å². The molecule has 0 radical (unpaired) electrons. The summed E-state index contributed by atoms with van der Waals surface area (Å²) in [6, 6.07) is 3.19. The van der Waals surface area contributed by atoms with Crippen molar-refractivity contribution in [3.63, 3.8) is 0 Å². The maximum absolute atomic E-state index is 12.0. The van der Waals surface area contributed by atoms with E-state index < -0.39 is 28.5 Å². The van der Waals surface area contributed by atoms with Gasteiger partial charge < -0.3 is 5.11 Å². The summed E-state index contributed by atoms with van der Waals surface area (Å²) in [6.45, 7) is 1.10. The first kappa shape index (κ1) is 12.2. The second-order valence-corrected chi connectivity index (χ2v) is 3.97. The van der Waals surface area contributed by atoms with Gasteiger partial charge in [-0.2, -0.15) is 0 Å². The van der Waals surface area contributed by atoms with Gasteiger partial charge in [0.25, 0.3) is 17.5 Å². The Hall–Kier alpha value is -2.28. The smallest absolute Gasteiger partial charge is 0.282 e. The molecule has 0 aromatic heterocycles. The van der Waals surface area contributed by atoms with Crippen molar-refractivity contribution in [2.45, 2.75) is 13.0 Å². The van der Waals surface area contributed by atoms with E-state index in [4.69, 9.17) is 5.11 Å². The zero-order valence-electron chi connectivity index (χ0n) is 9.49. The molecular formula is C11H10N2O5. The maximum Gasteiger partial charge on any atom is 0.282 e. The van der Waals surface area contributed by atoms with Gasteiger partial charge in [0, 0.05) is 6.07 Å². The minimum absolute atomic E-state index is 0.00880. The molecular weight excluding hydrogens is 240 g/mol. The third-order valence-corrected chi connectivity index (χ3v) is 2.83. The van der Waals surface area contributed by atoms with Crippen LogP contribution in [0.2, 0.25) is 0 Å². The molecule has 7 nitrogen and oxygen atoms in total. The van der Waals surface area contributed by atoms with Crippen LogP contribution < -0.4 is 0 Å². The van der Waals surface area contributed by atoms with E-state index in [0.717, 1.165) is 4.90 Å². The van der Waals surface area contributed by atoms with Crippen LogP contribution in [0.3, 0.4) is 0 Å². The molecule has 0 aliphatic carbocycles. The first-order valence-corrected chi connectivity index (χ1v) is 5.25. The van der Waals surface area contributed by atoms with E-state index >= 15 is 0 Å². The number of nitro groups is 1. The maximum atomic E-state index is 12.0. The number of imide groups is 1. The second kappa shape index (κ2) is 4.19. The molecule has 1 aromatic rings. The average Bonchev–Trinajstić information content (AvgIpc) is 2.61. The van der Waals surface area contributed by atoms with Gasteiger partial charge in [-0.25, -0.2) is 0 Å². The van der Waals surface area contributed by atoms with Crippen molar-refractivity contribution in [1.29, 1.82) is 0 Å². The number of aliphatic hydroxyl groups is 1. The lowest BCUT2D eigenvalue weighted by Gasteiger charge is -2.19. The van der Waals surface area contributed by atoms with Gasteiger partial charge in [0.05, 0.1) is 23.1 Å². The zero-order chi connectivity index (χ0) is 13.4. The van der Waals surface area contributed by atoms with Gasteiger partial charge in [0.15, 0.2) is 0 Å². The first-order valence-electron chi connectivity index (χ1n) is 5.25. The molecule has 2 rings (SSSR count). The number of rotatable bonds is 3. The molecule has 1 atom stereocenters. The molecule has 0 saturated carbocycles. The van der Waals surface area contributed by atoms with Gasteiger partial charge in [0.2, 0.25) is 0 Å². The predicted octanol–water partition coefficient (Wildman–Crippen LogP) is 0.572. The highest BCUT2D eigenvalue weighted by Crippen LogP contribution is 2.31. The molecule has 1 aliphatic rings. The number of hydrogen-bond acceptors (Lipinski definition) is 5. The van der Waals surface area contributed by atoms with Crippen LogP contribution in [-0.4, -0.2) is 39.4 Å². The van der Waals surface area contributed by atoms with Crippen LogP contribution in [0, 0.1) is 10.1 Å². The molecule has 1 heterocycles. The lowest BCUT2D eigenvalue weighted by atomic mass is 10.1. The molecule has 1 N–H and O–H groups in total. The van der Waals surface area contributed by atoms with E-state index in [9.17, 15) is 19.7 Å². The topological polar surface area (TPSA) is 101 Å². The van der Waals surface area contributed by atoms with Crippen LogP contribution in [0.4, 0.5) is 5.69 Å². The summed E-state index contributed by atoms with van der Waals surface area (Å²) >= 11 is 0. The number of carbonyl (C=O) groups is 2. The average molecular weight is 250 g/mol. The van der Waals surface area contributed by atoms with E-state index in [2.05, 4.69) is 0 Å². The molecule has 94 valence electrons. The molecule has 0 saturated heterocycles. The van der Waals surface area contributed by atoms with Crippen molar-refractivity contribution in [2.75, 3.05) is 6.61 Å². The minimum atomic E-state index is -0.733. The standard InChI is InChI=1S/C11H10N2O5/c1-6(5-14)12-10(15)7-3-2-4-8(13(17)18)9(7)11(12)16/h2-4,6,14H,5H2,1H3/t6-/m0/s1. The summed E-state index contributed by atoms with van der Waals surface area (Å²) < 4.78 is 0. The quantitative estimate of drug-likeness (QED) is 0.480. The number of aliphatic hydroxyl groups excluding tert-OH is 1. The van der Waals surface area contributed by atoms with E-state index in [0.29, 0.717) is 0 Å². The van der Waals surface area contributed by atoms with Crippen molar-refractivity contribution in [2.24, 2.45) is 0 Å². The van der Waals surface area contributed by atoms with Gasteiger partial charge in [0.1, 0.15) is 5.56 Å². The molecule has 18 heavy (non-hydrogen) atoms. The van der Waals surface area contributed by atoms with Gasteiger partial charge in [-0.1, -0.05) is 6.07 Å². The number of hydrogen-bond donors (Lipinski definition) is 1. The number of amides is 2. The molecule has 0 spiro atoms. The number of nitro benzene ring substituents is 1. The number of fused-ring (bicyclic) bond motifs is 1. The van der Waals surface area contributed by atoms with Gasteiger partial charge in [-0.3, -0.25) is 24.6 Å². The number of benzene rings is 1. The summed E-state index contributed by atoms with van der Waals surface area (Å²) in [4.78, 5) is 35.0. The largest absolute Gasteiger partial charge is 0.394 e. The highest BCUT2D eigenvalue weighted by atomic mass is 16.6. The molecule has 0 unspecified atom stereocenters. The molecule has 7 heteroatoms. The third-order valence-electron chi connectivity index (χ3n) is 2.83. The lowest BCUT2D eigenvalue weighted by molar-refractivity contribution is -0.385. The summed E-state index contributed by atoms with van der Waals surface area (Å²) in [5.41, 5.74) is -0.583. The monoisotopic (exact) mass is 250 g/mol. The second-order valence-electron chi connectivity index (χ2n) is 3.97. The SMILES string of the molecule is C[C@@H](CO)N1C(=O)c2cccc([N+](=O)[O-])c2C1=O. The Labute approximate surface area is 102 Å². The molecule has 1 aromatic carbocycles. The van der Waals surface area contributed by atoms with Crippen LogP contribution in [0.1, 0.15) is 27.6 Å². The third kappa shape index (κ3) is 1.56. The van der Waals surface area contributed by atoms with Crippen LogP contribution in [0.15, 0.2) is 18.2 Å². The summed E-state index contributed by atoms with van der Waals surface area (Å²) in [5, 5.41) is 19.8. The van der Waals surface area contributed by atoms with E-state index in [1.54, 1.807) is 0 Å². The molecule has 1 aliphatic heterocycles. The molecule has 2 amide bonds. The van der Waals surface area contributed by atoms with Crippen LogP contribution >= 0.6 is 0 Å². The predicted molar refractivity (Wildman–Crippen MR) is 60.1 cm³/mol. The van der Waals surface area contributed by atoms with Crippen molar-refractivity contribution in [1.82, 2.24) is 4.90 Å².